The maximum Gasteiger partial charge on any atom is 0.296 e. The van der Waals surface area contributed by atoms with Gasteiger partial charge in [-0.3, -0.25) is 14.9 Å². The first-order chi connectivity index (χ1) is 13.1. The van der Waals surface area contributed by atoms with Crippen LogP contribution in [0, 0.1) is 10.1 Å². The van der Waals surface area contributed by atoms with E-state index in [1.165, 1.54) is 43.4 Å². The molecule has 0 saturated heterocycles. The summed E-state index contributed by atoms with van der Waals surface area (Å²) in [6, 6.07) is 7.82. The summed E-state index contributed by atoms with van der Waals surface area (Å²) in [7, 11) is 1.41. The Balaban J connectivity index is 1.63. The molecule has 1 amide bonds. The van der Waals surface area contributed by atoms with E-state index in [9.17, 15) is 14.9 Å². The molecule has 0 bridgehead atoms. The molecule has 11 heteroatoms. The quantitative estimate of drug-likeness (QED) is 0.354. The normalized spacial score (nSPS) is 10.6. The van der Waals surface area contributed by atoms with Gasteiger partial charge in [0.25, 0.3) is 5.69 Å². The minimum atomic E-state index is -0.578. The van der Waals surface area contributed by atoms with Crippen LogP contribution in [-0.4, -0.2) is 38.5 Å². The number of aromatic nitrogens is 3. The summed E-state index contributed by atoms with van der Waals surface area (Å²) in [6.45, 7) is 0.438. The van der Waals surface area contributed by atoms with Gasteiger partial charge in [0.2, 0.25) is 5.91 Å². The summed E-state index contributed by atoms with van der Waals surface area (Å²) >= 11 is 1.17. The van der Waals surface area contributed by atoms with Crippen LogP contribution in [-0.2, 0) is 11.3 Å². The number of methoxy groups -OCH3 is 1. The van der Waals surface area contributed by atoms with Crippen LogP contribution >= 0.6 is 11.8 Å². The van der Waals surface area contributed by atoms with Crippen LogP contribution in [0.1, 0.15) is 5.76 Å². The summed E-state index contributed by atoms with van der Waals surface area (Å²) in [4.78, 5) is 22.8. The molecule has 0 saturated carbocycles. The third-order valence-corrected chi connectivity index (χ3v) is 4.48. The van der Waals surface area contributed by atoms with E-state index in [4.69, 9.17) is 9.15 Å². The van der Waals surface area contributed by atoms with Gasteiger partial charge in [-0.25, -0.2) is 0 Å². The fraction of sp³-hybridized carbons (Fsp3) is 0.188. The second-order valence-corrected chi connectivity index (χ2v) is 6.24. The van der Waals surface area contributed by atoms with Crippen LogP contribution in [0.2, 0.25) is 0 Å². The monoisotopic (exact) mass is 389 g/mol. The van der Waals surface area contributed by atoms with Crippen molar-refractivity contribution in [3.05, 3.63) is 58.8 Å². The smallest absolute Gasteiger partial charge is 0.296 e. The van der Waals surface area contributed by atoms with Crippen molar-refractivity contribution in [2.45, 2.75) is 11.7 Å². The number of carbonyl (C=O) groups is 1. The van der Waals surface area contributed by atoms with E-state index in [-0.39, 0.29) is 17.1 Å². The molecule has 2 aromatic heterocycles. The van der Waals surface area contributed by atoms with Gasteiger partial charge in [-0.15, -0.1) is 10.2 Å². The summed E-state index contributed by atoms with van der Waals surface area (Å²) < 4.78 is 12.0. The van der Waals surface area contributed by atoms with E-state index in [1.807, 2.05) is 6.07 Å². The SMILES string of the molecule is COc1ccc(NC(=O)CSc2nncn2Cc2ccco2)c([N+](=O)[O-])c1. The van der Waals surface area contributed by atoms with Gasteiger partial charge >= 0.3 is 0 Å². The molecule has 0 fully saturated rings. The van der Waals surface area contributed by atoms with Crippen molar-refractivity contribution in [1.29, 1.82) is 0 Å². The fourth-order valence-corrected chi connectivity index (χ4v) is 2.96. The van der Waals surface area contributed by atoms with Crippen LogP contribution in [0.5, 0.6) is 5.75 Å². The van der Waals surface area contributed by atoms with Gasteiger partial charge in [-0.2, -0.15) is 0 Å². The zero-order chi connectivity index (χ0) is 19.2. The lowest BCUT2D eigenvalue weighted by Crippen LogP contribution is -2.15. The number of nitro benzene ring substituents is 1. The second kappa shape index (κ2) is 8.36. The Morgan fingerprint density at radius 3 is 3.00 bits per heavy atom. The van der Waals surface area contributed by atoms with Crippen molar-refractivity contribution in [3.63, 3.8) is 0 Å². The Morgan fingerprint density at radius 1 is 1.44 bits per heavy atom. The summed E-state index contributed by atoms with van der Waals surface area (Å²) in [5, 5.41) is 22.1. The third kappa shape index (κ3) is 4.64. The Bertz CT molecular complexity index is 941. The predicted octanol–water partition coefficient (Wildman–Crippen LogP) is 2.57. The highest BCUT2D eigenvalue weighted by molar-refractivity contribution is 7.99. The Kier molecular flexibility index (Phi) is 5.71. The Labute approximate surface area is 157 Å². The van der Waals surface area contributed by atoms with E-state index in [1.54, 1.807) is 16.9 Å². The summed E-state index contributed by atoms with van der Waals surface area (Å²) in [6.07, 6.45) is 3.11. The molecule has 140 valence electrons. The first kappa shape index (κ1) is 18.5. The average molecular weight is 389 g/mol. The number of nitro groups is 1. The molecule has 0 aliphatic carbocycles. The molecule has 2 heterocycles. The first-order valence-electron chi connectivity index (χ1n) is 7.72. The number of hydrogen-bond donors (Lipinski definition) is 1. The second-order valence-electron chi connectivity index (χ2n) is 5.30. The summed E-state index contributed by atoms with van der Waals surface area (Å²) in [5.41, 5.74) is -0.142. The number of carbonyl (C=O) groups excluding carboxylic acids is 1. The molecule has 0 aliphatic rings. The maximum absolute atomic E-state index is 12.2. The molecule has 27 heavy (non-hydrogen) atoms. The van der Waals surface area contributed by atoms with Crippen LogP contribution < -0.4 is 10.1 Å². The average Bonchev–Trinajstić information content (AvgIpc) is 3.32. The number of rotatable bonds is 8. The molecule has 1 N–H and O–H groups in total. The van der Waals surface area contributed by atoms with E-state index < -0.39 is 10.8 Å². The van der Waals surface area contributed by atoms with Crippen molar-refractivity contribution in [2.75, 3.05) is 18.2 Å². The fourth-order valence-electron chi connectivity index (χ4n) is 2.25. The van der Waals surface area contributed by atoms with Gasteiger partial charge in [-0.1, -0.05) is 11.8 Å². The summed E-state index contributed by atoms with van der Waals surface area (Å²) in [5.74, 6) is 0.677. The highest BCUT2D eigenvalue weighted by Crippen LogP contribution is 2.29. The van der Waals surface area contributed by atoms with Gasteiger partial charge < -0.3 is 19.0 Å². The molecule has 0 spiro atoms. The number of nitrogens with one attached hydrogen (secondary N) is 1. The van der Waals surface area contributed by atoms with Crippen LogP contribution in [0.25, 0.3) is 0 Å². The number of anilines is 1. The van der Waals surface area contributed by atoms with E-state index in [2.05, 4.69) is 15.5 Å². The number of thioether (sulfide) groups is 1. The standard InChI is InChI=1S/C16H15N5O5S/c1-25-11-4-5-13(14(7-11)21(23)24)18-15(22)9-27-16-19-17-10-20(16)8-12-3-2-6-26-12/h2-7,10H,8-9H2,1H3,(H,18,22). The first-order valence-corrected chi connectivity index (χ1v) is 8.70. The number of ether oxygens (including phenoxy) is 1. The number of hydrogen-bond acceptors (Lipinski definition) is 8. The van der Waals surface area contributed by atoms with Gasteiger partial charge in [0, 0.05) is 0 Å². The number of furan rings is 1. The predicted molar refractivity (Wildman–Crippen MR) is 96.8 cm³/mol. The molecule has 1 aromatic carbocycles. The van der Waals surface area contributed by atoms with E-state index in [0.717, 1.165) is 5.76 Å². The number of nitrogens with zero attached hydrogens (tertiary/aromatic N) is 4. The molecule has 0 atom stereocenters. The Morgan fingerprint density at radius 2 is 2.30 bits per heavy atom. The molecule has 0 unspecified atom stereocenters. The van der Waals surface area contributed by atoms with Crippen molar-refractivity contribution >= 4 is 29.0 Å². The minimum absolute atomic E-state index is 0.0139. The molecule has 0 aliphatic heterocycles. The van der Waals surface area contributed by atoms with Crippen molar-refractivity contribution < 1.29 is 18.9 Å². The highest BCUT2D eigenvalue weighted by atomic mass is 32.2. The zero-order valence-electron chi connectivity index (χ0n) is 14.2. The lowest BCUT2D eigenvalue weighted by atomic mass is 10.2. The van der Waals surface area contributed by atoms with Gasteiger partial charge in [-0.05, 0) is 24.3 Å². The Hall–Kier alpha value is -3.34. The molecule has 10 nitrogen and oxygen atoms in total. The van der Waals surface area contributed by atoms with Gasteiger partial charge in [0.15, 0.2) is 5.16 Å². The van der Waals surface area contributed by atoms with E-state index >= 15 is 0 Å². The molecular weight excluding hydrogens is 374 g/mol. The minimum Gasteiger partial charge on any atom is -0.496 e. The lowest BCUT2D eigenvalue weighted by molar-refractivity contribution is -0.384. The van der Waals surface area contributed by atoms with Crippen molar-refractivity contribution in [3.8, 4) is 5.75 Å². The molecule has 0 radical (unpaired) electrons. The zero-order valence-corrected chi connectivity index (χ0v) is 15.0. The maximum atomic E-state index is 12.2. The molecule has 3 rings (SSSR count). The van der Waals surface area contributed by atoms with Crippen LogP contribution in [0.4, 0.5) is 11.4 Å². The van der Waals surface area contributed by atoms with E-state index in [0.29, 0.717) is 17.5 Å². The van der Waals surface area contributed by atoms with Crippen LogP contribution in [0.3, 0.4) is 0 Å². The number of benzene rings is 1. The number of amides is 1. The van der Waals surface area contributed by atoms with Gasteiger partial charge in [0.1, 0.15) is 23.5 Å². The van der Waals surface area contributed by atoms with Gasteiger partial charge in [0.05, 0.1) is 36.7 Å². The molecular formula is C16H15N5O5S. The lowest BCUT2D eigenvalue weighted by Gasteiger charge is -2.08. The molecule has 3 aromatic rings. The largest absolute Gasteiger partial charge is 0.496 e. The van der Waals surface area contributed by atoms with Crippen LogP contribution in [0.15, 0.2) is 52.5 Å². The van der Waals surface area contributed by atoms with Crippen molar-refractivity contribution in [2.24, 2.45) is 0 Å². The third-order valence-electron chi connectivity index (χ3n) is 3.49. The topological polar surface area (TPSA) is 125 Å². The highest BCUT2D eigenvalue weighted by Gasteiger charge is 2.18. The van der Waals surface area contributed by atoms with Crippen molar-refractivity contribution in [1.82, 2.24) is 14.8 Å².